The maximum atomic E-state index is 11.0. The minimum Gasteiger partial charge on any atom is -0.726 e. The van der Waals surface area contributed by atoms with E-state index in [1.165, 1.54) is 173 Å². The van der Waals surface area contributed by atoms with Gasteiger partial charge in [0.05, 0.1) is 6.61 Å². The molecule has 0 aromatic heterocycles. The van der Waals surface area contributed by atoms with E-state index >= 15 is 0 Å². The van der Waals surface area contributed by atoms with Crippen molar-refractivity contribution >= 4 is 10.4 Å². The summed E-state index contributed by atoms with van der Waals surface area (Å²) in [6.07, 6.45) is 43.9. The molecule has 0 radical (unpaired) electrons. The van der Waals surface area contributed by atoms with Crippen LogP contribution in [0.3, 0.4) is 0 Å². The van der Waals surface area contributed by atoms with Gasteiger partial charge in [0.15, 0.2) is 0 Å². The zero-order valence-corrected chi connectivity index (χ0v) is 31.5. The number of hydrogen-bond donors (Lipinski definition) is 0. The summed E-state index contributed by atoms with van der Waals surface area (Å²) in [5.41, 5.74) is 0. The summed E-state index contributed by atoms with van der Waals surface area (Å²) in [5, 5.41) is 0. The first kappa shape index (κ1) is 44.7. The summed E-state index contributed by atoms with van der Waals surface area (Å²) >= 11 is 0. The Kier molecular flexibility index (Phi) is 38.4. The normalized spacial score (nSPS) is 12.6. The summed E-state index contributed by atoms with van der Waals surface area (Å²) in [4.78, 5) is 0. The van der Waals surface area contributed by atoms with Crippen LogP contribution in [0.1, 0.15) is 206 Å². The molecule has 0 amide bonds. The van der Waals surface area contributed by atoms with Gasteiger partial charge in [-0.25, -0.2) is 8.42 Å². The maximum absolute atomic E-state index is 11.0. The van der Waals surface area contributed by atoms with Gasteiger partial charge in [0.2, 0.25) is 10.4 Å². The Labute approximate surface area is 286 Å². The summed E-state index contributed by atoms with van der Waals surface area (Å²) < 4.78 is 37.5. The van der Waals surface area contributed by atoms with Crippen molar-refractivity contribution in [2.45, 2.75) is 206 Å². The molecule has 0 saturated heterocycles. The summed E-state index contributed by atoms with van der Waals surface area (Å²) in [7, 11) is -4.62. The van der Waals surface area contributed by atoms with E-state index in [0.717, 1.165) is 19.3 Å². The van der Waals surface area contributed by atoms with Gasteiger partial charge in [-0.05, 0) is 19.3 Å². The van der Waals surface area contributed by atoms with E-state index in [-0.39, 0.29) is 42.1 Å². The molecule has 0 saturated carbocycles. The van der Waals surface area contributed by atoms with Crippen molar-refractivity contribution in [3.05, 3.63) is 12.2 Å². The zero-order chi connectivity index (χ0) is 30.1. The Morgan fingerprint density at radius 2 is 0.833 bits per heavy atom. The monoisotopic (exact) mass is 622 g/mol. The molecular formula is C36H71NaO4S. The topological polar surface area (TPSA) is 66.4 Å². The predicted molar refractivity (Wildman–Crippen MR) is 178 cm³/mol. The Balaban J connectivity index is 0. The minimum absolute atomic E-state index is 0. The smallest absolute Gasteiger partial charge is 0.726 e. The first-order valence-electron chi connectivity index (χ1n) is 18.3. The van der Waals surface area contributed by atoms with Gasteiger partial charge in [-0.3, -0.25) is 4.18 Å². The van der Waals surface area contributed by atoms with Gasteiger partial charge in [0.1, 0.15) is 0 Å². The molecule has 0 aromatic rings. The quantitative estimate of drug-likeness (QED) is 0.0236. The van der Waals surface area contributed by atoms with Crippen LogP contribution >= 0.6 is 0 Å². The van der Waals surface area contributed by atoms with Crippen LogP contribution in [-0.2, 0) is 14.6 Å². The molecule has 42 heavy (non-hydrogen) atoms. The van der Waals surface area contributed by atoms with Gasteiger partial charge < -0.3 is 4.55 Å². The number of unbranched alkanes of at least 4 members (excludes halogenated alkanes) is 27. The number of hydrogen-bond acceptors (Lipinski definition) is 4. The van der Waals surface area contributed by atoms with Crippen LogP contribution in [0.4, 0.5) is 0 Å². The maximum Gasteiger partial charge on any atom is 1.00 e. The van der Waals surface area contributed by atoms with Gasteiger partial charge in [0, 0.05) is 5.92 Å². The second-order valence-corrected chi connectivity index (χ2v) is 13.7. The number of rotatable bonds is 34. The third kappa shape index (κ3) is 38.6. The molecule has 1 atom stereocenters. The first-order valence-corrected chi connectivity index (χ1v) is 19.6. The van der Waals surface area contributed by atoms with Crippen molar-refractivity contribution in [1.29, 1.82) is 0 Å². The van der Waals surface area contributed by atoms with Crippen molar-refractivity contribution in [1.82, 2.24) is 0 Å². The van der Waals surface area contributed by atoms with Gasteiger partial charge >= 0.3 is 29.6 Å². The molecule has 6 heteroatoms. The molecule has 0 N–H and O–H groups in total. The van der Waals surface area contributed by atoms with Crippen LogP contribution in [0.25, 0.3) is 0 Å². The molecule has 0 heterocycles. The fraction of sp³-hybridized carbons (Fsp3) is 0.944. The average molecular weight is 623 g/mol. The van der Waals surface area contributed by atoms with E-state index < -0.39 is 10.4 Å². The van der Waals surface area contributed by atoms with Crippen LogP contribution in [0, 0.1) is 5.92 Å². The molecule has 0 bridgehead atoms. The van der Waals surface area contributed by atoms with Gasteiger partial charge in [0.25, 0.3) is 0 Å². The zero-order valence-electron chi connectivity index (χ0n) is 28.7. The standard InChI is InChI=1S/C36H72O4S.Na/c1-3-5-7-9-11-13-15-17-18-19-20-22-24-26-28-30-32-34-36(35-40-41(37,38)39)33-31-29-27-25-23-21-16-14-12-10-8-6-4-2;/h32,34,36H,3-31,33,35H2,1-2H3,(H,37,38,39);/q;+1/p-1/b34-32+;. The van der Waals surface area contributed by atoms with E-state index in [9.17, 15) is 13.0 Å². The third-order valence-electron chi connectivity index (χ3n) is 8.49. The molecule has 4 nitrogen and oxygen atoms in total. The van der Waals surface area contributed by atoms with Crippen molar-refractivity contribution in [3.8, 4) is 0 Å². The van der Waals surface area contributed by atoms with Crippen molar-refractivity contribution in [2.75, 3.05) is 6.61 Å². The predicted octanol–water partition coefficient (Wildman–Crippen LogP) is 9.38. The molecule has 0 aromatic carbocycles. The van der Waals surface area contributed by atoms with E-state index in [2.05, 4.69) is 30.2 Å². The number of allylic oxidation sites excluding steroid dienone is 1. The molecule has 0 rings (SSSR count). The fourth-order valence-corrected chi connectivity index (χ4v) is 6.09. The fourth-order valence-electron chi connectivity index (χ4n) is 5.75. The summed E-state index contributed by atoms with van der Waals surface area (Å²) in [6, 6.07) is 0. The summed E-state index contributed by atoms with van der Waals surface area (Å²) in [6.45, 7) is 4.53. The van der Waals surface area contributed by atoms with Crippen LogP contribution in [0.15, 0.2) is 12.2 Å². The van der Waals surface area contributed by atoms with Gasteiger partial charge in [-0.2, -0.15) is 0 Å². The summed E-state index contributed by atoms with van der Waals surface area (Å²) in [5.74, 6) is 0.0165. The van der Waals surface area contributed by atoms with Crippen molar-refractivity contribution < 1.29 is 46.7 Å². The van der Waals surface area contributed by atoms with E-state index in [0.29, 0.717) is 0 Å². The average Bonchev–Trinajstić information content (AvgIpc) is 2.94. The minimum atomic E-state index is -4.62. The van der Waals surface area contributed by atoms with Gasteiger partial charge in [-0.15, -0.1) is 0 Å². The second kappa shape index (κ2) is 36.1. The third-order valence-corrected chi connectivity index (χ3v) is 8.91. The van der Waals surface area contributed by atoms with Crippen LogP contribution < -0.4 is 29.6 Å². The molecule has 1 unspecified atom stereocenters. The first-order chi connectivity index (χ1) is 20.0. The molecular weight excluding hydrogens is 551 g/mol. The molecule has 0 aliphatic heterocycles. The molecule has 0 aliphatic rings. The van der Waals surface area contributed by atoms with Crippen molar-refractivity contribution in [3.63, 3.8) is 0 Å². The van der Waals surface area contributed by atoms with Gasteiger partial charge in [-0.1, -0.05) is 199 Å². The Bertz CT molecular complexity index is 638. The van der Waals surface area contributed by atoms with Crippen molar-refractivity contribution in [2.24, 2.45) is 5.92 Å². The van der Waals surface area contributed by atoms with E-state index in [4.69, 9.17) is 0 Å². The largest absolute Gasteiger partial charge is 1.00 e. The van der Waals surface area contributed by atoms with E-state index in [1.54, 1.807) is 0 Å². The Morgan fingerprint density at radius 3 is 1.17 bits per heavy atom. The SMILES string of the molecule is CCCCCCCCCCCCCCCCC/C=C/C(CCCCCCCCCCCCCCC)COS(=O)(=O)[O-].[Na+]. The molecule has 246 valence electrons. The molecule has 0 aliphatic carbocycles. The molecule has 0 spiro atoms. The second-order valence-electron chi connectivity index (χ2n) is 12.7. The van der Waals surface area contributed by atoms with Crippen LogP contribution in [0.2, 0.25) is 0 Å². The van der Waals surface area contributed by atoms with E-state index in [1.807, 2.05) is 0 Å². The Hall–Kier alpha value is 0.610. The molecule has 0 fully saturated rings. The Morgan fingerprint density at radius 1 is 0.524 bits per heavy atom. The van der Waals surface area contributed by atoms with Crippen LogP contribution in [0.5, 0.6) is 0 Å². The van der Waals surface area contributed by atoms with Crippen LogP contribution in [-0.4, -0.2) is 19.6 Å².